The predicted octanol–water partition coefficient (Wildman–Crippen LogP) is 3.34. The largest absolute Gasteiger partial charge is 0.435 e. The maximum Gasteiger partial charge on any atom is 0.435 e. The van der Waals surface area contributed by atoms with Crippen molar-refractivity contribution >= 4 is 15.7 Å². The molecular weight excluding hydrogens is 492 g/mol. The van der Waals surface area contributed by atoms with Gasteiger partial charge in [-0.25, -0.2) is 8.42 Å². The van der Waals surface area contributed by atoms with E-state index in [1.807, 2.05) is 0 Å². The van der Waals surface area contributed by atoms with Crippen LogP contribution in [-0.2, 0) is 29.2 Å². The normalized spacial score (nSPS) is 21.9. The predicted molar refractivity (Wildman–Crippen MR) is 106 cm³/mol. The molecule has 0 saturated heterocycles. The van der Waals surface area contributed by atoms with E-state index in [2.05, 4.69) is 10.4 Å². The summed E-state index contributed by atoms with van der Waals surface area (Å²) in [5.74, 6) is -0.905. The fourth-order valence-corrected chi connectivity index (χ4v) is 5.61. The molecule has 188 valence electrons. The first-order chi connectivity index (χ1) is 15.5. The van der Waals surface area contributed by atoms with E-state index in [9.17, 15) is 44.7 Å². The second kappa shape index (κ2) is 8.87. The Balaban J connectivity index is 1.64. The highest BCUT2D eigenvalue weighted by Gasteiger charge is 2.40. The number of halogens is 6. The number of aliphatic hydroxyl groups is 1. The Morgan fingerprint density at radius 3 is 2.29 bits per heavy atom. The summed E-state index contributed by atoms with van der Waals surface area (Å²) in [7, 11) is -2.95. The first-order valence-corrected chi connectivity index (χ1v) is 11.6. The first-order valence-electron chi connectivity index (χ1n) is 10.1. The van der Waals surface area contributed by atoms with Gasteiger partial charge in [-0.3, -0.25) is 9.48 Å². The van der Waals surface area contributed by atoms with Gasteiger partial charge >= 0.3 is 12.4 Å². The Morgan fingerprint density at radius 1 is 1.15 bits per heavy atom. The quantitative estimate of drug-likeness (QED) is 0.598. The standard InChI is InChI=1S/C20H21F6N3O4S/c1-29-15(10-16(28-29)20(24,25)26)17(30)27-11-18(31)7-5-13(6-8-18)34(32,33)14-4-2-3-12(9-14)19(21,22)23/h2-4,9-10,13,31H,5-8,11H2,1H3,(H,27,30). The van der Waals surface area contributed by atoms with Gasteiger partial charge in [0.1, 0.15) is 5.69 Å². The maximum absolute atomic E-state index is 12.9. The van der Waals surface area contributed by atoms with E-state index in [1.165, 1.54) is 0 Å². The van der Waals surface area contributed by atoms with Crippen molar-refractivity contribution in [3.63, 3.8) is 0 Å². The summed E-state index contributed by atoms with van der Waals surface area (Å²) < 4.78 is 104. The smallest absolute Gasteiger partial charge is 0.388 e. The van der Waals surface area contributed by atoms with E-state index in [1.54, 1.807) is 0 Å². The summed E-state index contributed by atoms with van der Waals surface area (Å²) in [5.41, 5.74) is -4.25. The fourth-order valence-electron chi connectivity index (χ4n) is 3.81. The minimum absolute atomic E-state index is 0.0745. The van der Waals surface area contributed by atoms with Crippen LogP contribution >= 0.6 is 0 Å². The number of nitrogens with one attached hydrogen (secondary N) is 1. The zero-order valence-electron chi connectivity index (χ0n) is 17.7. The number of amides is 1. The van der Waals surface area contributed by atoms with Crippen LogP contribution in [0.3, 0.4) is 0 Å². The Bertz CT molecular complexity index is 1170. The summed E-state index contributed by atoms with van der Waals surface area (Å²) in [4.78, 5) is 11.8. The number of sulfone groups is 1. The van der Waals surface area contributed by atoms with Crippen LogP contribution in [0.4, 0.5) is 26.3 Å². The number of rotatable bonds is 5. The number of aromatic nitrogens is 2. The van der Waals surface area contributed by atoms with E-state index in [4.69, 9.17) is 0 Å². The molecule has 7 nitrogen and oxygen atoms in total. The number of hydrogen-bond donors (Lipinski definition) is 2. The van der Waals surface area contributed by atoms with Crippen molar-refractivity contribution in [1.82, 2.24) is 15.1 Å². The molecule has 0 spiro atoms. The highest BCUT2D eigenvalue weighted by atomic mass is 32.2. The van der Waals surface area contributed by atoms with Gasteiger partial charge in [0, 0.05) is 19.7 Å². The fraction of sp³-hybridized carbons (Fsp3) is 0.500. The van der Waals surface area contributed by atoms with Gasteiger partial charge in [-0.1, -0.05) is 6.07 Å². The topological polar surface area (TPSA) is 101 Å². The van der Waals surface area contributed by atoms with Crippen molar-refractivity contribution in [2.75, 3.05) is 6.54 Å². The number of carbonyl (C=O) groups is 1. The van der Waals surface area contributed by atoms with Crippen LogP contribution < -0.4 is 5.32 Å². The molecule has 3 rings (SSSR count). The molecule has 0 atom stereocenters. The SMILES string of the molecule is Cn1nc(C(F)(F)F)cc1C(=O)NCC1(O)CCC(S(=O)(=O)c2cccc(C(F)(F)F)c2)CC1. The molecule has 0 aliphatic heterocycles. The molecule has 1 aromatic carbocycles. The van der Waals surface area contributed by atoms with Crippen LogP contribution in [0, 0.1) is 0 Å². The summed E-state index contributed by atoms with van der Waals surface area (Å²) in [5, 5.41) is 15.3. The minimum atomic E-state index is -4.74. The number of carbonyl (C=O) groups excluding carboxylic acids is 1. The van der Waals surface area contributed by atoms with Crippen molar-refractivity contribution in [3.05, 3.63) is 47.3 Å². The molecule has 0 radical (unpaired) electrons. The van der Waals surface area contributed by atoms with Gasteiger partial charge in [0.15, 0.2) is 15.5 Å². The van der Waals surface area contributed by atoms with E-state index < -0.39 is 55.1 Å². The van der Waals surface area contributed by atoms with E-state index >= 15 is 0 Å². The van der Waals surface area contributed by atoms with E-state index in [0.29, 0.717) is 12.1 Å². The van der Waals surface area contributed by atoms with Crippen LogP contribution in [0.15, 0.2) is 35.2 Å². The zero-order chi connectivity index (χ0) is 25.5. The lowest BCUT2D eigenvalue weighted by atomic mass is 9.84. The molecule has 1 amide bonds. The van der Waals surface area contributed by atoms with Crippen LogP contribution in [0.1, 0.15) is 47.4 Å². The average Bonchev–Trinajstić information content (AvgIpc) is 3.14. The van der Waals surface area contributed by atoms with Gasteiger partial charge in [-0.15, -0.1) is 0 Å². The summed E-state index contributed by atoms with van der Waals surface area (Å²) in [6.45, 7) is -0.352. The van der Waals surface area contributed by atoms with E-state index in [0.717, 1.165) is 29.9 Å². The summed E-state index contributed by atoms with van der Waals surface area (Å²) >= 11 is 0. The van der Waals surface area contributed by atoms with Crippen LogP contribution in [-0.4, -0.2) is 46.6 Å². The summed E-state index contributed by atoms with van der Waals surface area (Å²) in [6.07, 6.45) is -9.77. The number of alkyl halides is 6. The van der Waals surface area contributed by atoms with Gasteiger partial charge in [-0.2, -0.15) is 31.4 Å². The molecule has 1 aliphatic carbocycles. The molecule has 0 bridgehead atoms. The molecule has 1 aliphatic rings. The Morgan fingerprint density at radius 2 is 1.76 bits per heavy atom. The Hall–Kier alpha value is -2.61. The number of nitrogens with zero attached hydrogens (tertiary/aromatic N) is 2. The lowest BCUT2D eigenvalue weighted by molar-refractivity contribution is -0.141. The number of aryl methyl sites for hydroxylation is 1. The molecule has 2 aromatic rings. The monoisotopic (exact) mass is 513 g/mol. The van der Waals surface area contributed by atoms with Gasteiger partial charge in [0.2, 0.25) is 0 Å². The molecule has 0 unspecified atom stereocenters. The highest BCUT2D eigenvalue weighted by molar-refractivity contribution is 7.92. The van der Waals surface area contributed by atoms with Crippen LogP contribution in [0.25, 0.3) is 0 Å². The summed E-state index contributed by atoms with van der Waals surface area (Å²) in [6, 6.07) is 3.99. The minimum Gasteiger partial charge on any atom is -0.388 e. The van der Waals surface area contributed by atoms with Crippen molar-refractivity contribution in [3.8, 4) is 0 Å². The molecule has 2 N–H and O–H groups in total. The van der Waals surface area contributed by atoms with Gasteiger partial charge in [0.05, 0.1) is 21.3 Å². The molecule has 1 fully saturated rings. The van der Waals surface area contributed by atoms with E-state index in [-0.39, 0.29) is 37.9 Å². The van der Waals surface area contributed by atoms with Gasteiger partial charge in [0.25, 0.3) is 5.91 Å². The second-order valence-corrected chi connectivity index (χ2v) is 10.4. The molecule has 34 heavy (non-hydrogen) atoms. The average molecular weight is 513 g/mol. The molecule has 1 saturated carbocycles. The Labute approximate surface area is 190 Å². The van der Waals surface area contributed by atoms with Gasteiger partial charge in [-0.05, 0) is 43.9 Å². The lowest BCUT2D eigenvalue weighted by Crippen LogP contribution is -2.47. The zero-order valence-corrected chi connectivity index (χ0v) is 18.6. The van der Waals surface area contributed by atoms with Crippen molar-refractivity contribution in [2.45, 2.75) is 53.8 Å². The lowest BCUT2D eigenvalue weighted by Gasteiger charge is -2.35. The van der Waals surface area contributed by atoms with Crippen LogP contribution in [0.2, 0.25) is 0 Å². The van der Waals surface area contributed by atoms with Crippen molar-refractivity contribution < 1.29 is 44.7 Å². The number of benzene rings is 1. The third-order valence-electron chi connectivity index (χ3n) is 5.77. The molecule has 14 heteroatoms. The van der Waals surface area contributed by atoms with Crippen molar-refractivity contribution in [1.29, 1.82) is 0 Å². The molecule has 1 aromatic heterocycles. The third-order valence-corrected chi connectivity index (χ3v) is 8.03. The van der Waals surface area contributed by atoms with Crippen molar-refractivity contribution in [2.24, 2.45) is 7.05 Å². The number of hydrogen-bond acceptors (Lipinski definition) is 5. The first kappa shape index (κ1) is 26.0. The molecule has 1 heterocycles. The maximum atomic E-state index is 12.9. The second-order valence-electron chi connectivity index (χ2n) is 8.21. The third kappa shape index (κ3) is 5.54. The Kier molecular flexibility index (Phi) is 6.79. The van der Waals surface area contributed by atoms with Gasteiger partial charge < -0.3 is 10.4 Å². The molecular formula is C20H21F6N3O4S. The highest BCUT2D eigenvalue weighted by Crippen LogP contribution is 2.36. The van der Waals surface area contributed by atoms with Crippen LogP contribution in [0.5, 0.6) is 0 Å².